The van der Waals surface area contributed by atoms with E-state index >= 15 is 0 Å². The van der Waals surface area contributed by atoms with Crippen LogP contribution in [0.2, 0.25) is 5.15 Å². The van der Waals surface area contributed by atoms with Gasteiger partial charge in [0.25, 0.3) is 0 Å². The topological polar surface area (TPSA) is 38.0 Å². The summed E-state index contributed by atoms with van der Waals surface area (Å²) < 4.78 is 1.68. The fraction of sp³-hybridized carbons (Fsp3) is 0.769. The number of nitrogens with zero attached hydrogens (tertiary/aromatic N) is 2. The van der Waals surface area contributed by atoms with E-state index in [1.54, 1.807) is 4.68 Å². The molecular weight excluding hydrogens is 236 g/mol. The molecular formula is C13H21ClN2O. The number of halogens is 1. The van der Waals surface area contributed by atoms with E-state index in [0.29, 0.717) is 17.5 Å². The molecule has 96 valence electrons. The Kier molecular flexibility index (Phi) is 4.10. The van der Waals surface area contributed by atoms with Gasteiger partial charge in [0, 0.05) is 19.0 Å². The van der Waals surface area contributed by atoms with Crippen LogP contribution in [0.4, 0.5) is 0 Å². The molecule has 2 rings (SSSR count). The molecule has 1 heterocycles. The van der Waals surface area contributed by atoms with Gasteiger partial charge in [-0.05, 0) is 25.7 Å². The van der Waals surface area contributed by atoms with Crippen LogP contribution in [-0.4, -0.2) is 21.0 Å². The van der Waals surface area contributed by atoms with Crippen molar-refractivity contribution in [1.82, 2.24) is 9.78 Å². The van der Waals surface area contributed by atoms with Crippen LogP contribution in [0, 0.1) is 12.8 Å². The Morgan fingerprint density at radius 2 is 2.06 bits per heavy atom. The largest absolute Gasteiger partial charge is 0.392 e. The summed E-state index contributed by atoms with van der Waals surface area (Å²) in [5, 5.41) is 15.2. The SMILES string of the molecule is Cc1nn(C)c(Cl)c1CC(O)C1CCCCC1. The molecule has 1 fully saturated rings. The van der Waals surface area contributed by atoms with Gasteiger partial charge in [-0.3, -0.25) is 4.68 Å². The monoisotopic (exact) mass is 256 g/mol. The highest BCUT2D eigenvalue weighted by Crippen LogP contribution is 2.30. The second kappa shape index (κ2) is 5.40. The molecule has 4 heteroatoms. The number of aliphatic hydroxyl groups is 1. The highest BCUT2D eigenvalue weighted by atomic mass is 35.5. The molecule has 0 bridgehead atoms. The first kappa shape index (κ1) is 12.9. The molecule has 3 nitrogen and oxygen atoms in total. The Bertz CT molecular complexity index is 383. The second-order valence-electron chi connectivity index (χ2n) is 5.15. The van der Waals surface area contributed by atoms with Crippen LogP contribution >= 0.6 is 11.6 Å². The molecule has 1 N–H and O–H groups in total. The molecule has 17 heavy (non-hydrogen) atoms. The van der Waals surface area contributed by atoms with E-state index in [2.05, 4.69) is 5.10 Å². The van der Waals surface area contributed by atoms with Crippen molar-refractivity contribution in [3.63, 3.8) is 0 Å². The van der Waals surface area contributed by atoms with Gasteiger partial charge >= 0.3 is 0 Å². The zero-order valence-corrected chi connectivity index (χ0v) is 11.4. The van der Waals surface area contributed by atoms with Crippen LogP contribution in [0.25, 0.3) is 0 Å². The molecule has 1 aliphatic rings. The maximum Gasteiger partial charge on any atom is 0.130 e. The van der Waals surface area contributed by atoms with Gasteiger partial charge in [0.05, 0.1) is 11.8 Å². The number of rotatable bonds is 3. The van der Waals surface area contributed by atoms with Crippen LogP contribution in [0.3, 0.4) is 0 Å². The fourth-order valence-electron chi connectivity index (χ4n) is 2.80. The quantitative estimate of drug-likeness (QED) is 0.903. The van der Waals surface area contributed by atoms with Crippen molar-refractivity contribution in [3.8, 4) is 0 Å². The van der Waals surface area contributed by atoms with E-state index in [-0.39, 0.29) is 6.10 Å². The predicted molar refractivity (Wildman–Crippen MR) is 69.2 cm³/mol. The lowest BCUT2D eigenvalue weighted by Crippen LogP contribution is -2.25. The maximum atomic E-state index is 10.3. The van der Waals surface area contributed by atoms with Crippen LogP contribution < -0.4 is 0 Å². The molecule has 1 atom stereocenters. The summed E-state index contributed by atoms with van der Waals surface area (Å²) in [6, 6.07) is 0. The first-order chi connectivity index (χ1) is 8.09. The van der Waals surface area contributed by atoms with E-state index < -0.39 is 0 Å². The van der Waals surface area contributed by atoms with E-state index in [4.69, 9.17) is 11.6 Å². The lowest BCUT2D eigenvalue weighted by Gasteiger charge is -2.26. The third-order valence-electron chi connectivity index (χ3n) is 3.88. The van der Waals surface area contributed by atoms with Crippen LogP contribution in [-0.2, 0) is 13.5 Å². The van der Waals surface area contributed by atoms with Gasteiger partial charge in [-0.15, -0.1) is 0 Å². The van der Waals surface area contributed by atoms with Crippen LogP contribution in [0.5, 0.6) is 0 Å². The molecule has 1 aromatic rings. The second-order valence-corrected chi connectivity index (χ2v) is 5.51. The minimum absolute atomic E-state index is 0.268. The molecule has 1 aromatic heterocycles. The average Bonchev–Trinajstić information content (AvgIpc) is 2.57. The smallest absolute Gasteiger partial charge is 0.130 e. The number of aryl methyl sites for hydroxylation is 2. The predicted octanol–water partition coefficient (Wildman–Crippen LogP) is 2.87. The lowest BCUT2D eigenvalue weighted by atomic mass is 9.83. The third kappa shape index (κ3) is 2.83. The highest BCUT2D eigenvalue weighted by molar-refractivity contribution is 6.30. The average molecular weight is 257 g/mol. The minimum atomic E-state index is -0.268. The normalized spacial score (nSPS) is 19.5. The van der Waals surface area contributed by atoms with Crippen molar-refractivity contribution in [3.05, 3.63) is 16.4 Å². The van der Waals surface area contributed by atoms with Crippen molar-refractivity contribution < 1.29 is 5.11 Å². The molecule has 0 saturated heterocycles. The fourth-order valence-corrected chi connectivity index (χ4v) is 3.05. The first-order valence-electron chi connectivity index (χ1n) is 6.45. The zero-order chi connectivity index (χ0) is 12.4. The summed E-state index contributed by atoms with van der Waals surface area (Å²) in [7, 11) is 1.84. The molecule has 0 spiro atoms. The van der Waals surface area contributed by atoms with Crippen molar-refractivity contribution >= 4 is 11.6 Å². The number of aromatic nitrogens is 2. The zero-order valence-electron chi connectivity index (χ0n) is 10.6. The van der Waals surface area contributed by atoms with Gasteiger partial charge in [-0.1, -0.05) is 30.9 Å². The van der Waals surface area contributed by atoms with E-state index in [9.17, 15) is 5.11 Å². The van der Waals surface area contributed by atoms with Gasteiger partial charge in [0.15, 0.2) is 0 Å². The third-order valence-corrected chi connectivity index (χ3v) is 4.35. The summed E-state index contributed by atoms with van der Waals surface area (Å²) in [6.07, 6.45) is 6.49. The number of hydrogen-bond acceptors (Lipinski definition) is 2. The number of aliphatic hydroxyl groups excluding tert-OH is 1. The lowest BCUT2D eigenvalue weighted by molar-refractivity contribution is 0.0850. The molecule has 1 aliphatic carbocycles. The Hall–Kier alpha value is -0.540. The number of hydrogen-bond donors (Lipinski definition) is 1. The first-order valence-corrected chi connectivity index (χ1v) is 6.83. The van der Waals surface area contributed by atoms with Gasteiger partial charge in [-0.2, -0.15) is 5.10 Å². The summed E-state index contributed by atoms with van der Waals surface area (Å²) >= 11 is 6.19. The Balaban J connectivity index is 2.04. The molecule has 1 unspecified atom stereocenters. The van der Waals surface area contributed by atoms with Gasteiger partial charge in [0.2, 0.25) is 0 Å². The van der Waals surface area contributed by atoms with Gasteiger partial charge in [0.1, 0.15) is 5.15 Å². The molecule has 0 amide bonds. The Morgan fingerprint density at radius 3 is 2.59 bits per heavy atom. The van der Waals surface area contributed by atoms with Crippen molar-refractivity contribution in [1.29, 1.82) is 0 Å². The summed E-state index contributed by atoms with van der Waals surface area (Å²) in [5.74, 6) is 0.444. The van der Waals surface area contributed by atoms with Crippen molar-refractivity contribution in [2.75, 3.05) is 0 Å². The molecule has 0 aromatic carbocycles. The van der Waals surface area contributed by atoms with Crippen molar-refractivity contribution in [2.24, 2.45) is 13.0 Å². The van der Waals surface area contributed by atoms with E-state index in [1.807, 2.05) is 14.0 Å². The van der Waals surface area contributed by atoms with Crippen LogP contribution in [0.1, 0.15) is 43.4 Å². The summed E-state index contributed by atoms with van der Waals surface area (Å²) in [4.78, 5) is 0. The summed E-state index contributed by atoms with van der Waals surface area (Å²) in [6.45, 7) is 1.95. The van der Waals surface area contributed by atoms with Crippen LogP contribution in [0.15, 0.2) is 0 Å². The highest BCUT2D eigenvalue weighted by Gasteiger charge is 2.24. The van der Waals surface area contributed by atoms with Gasteiger partial charge < -0.3 is 5.11 Å². The minimum Gasteiger partial charge on any atom is -0.392 e. The van der Waals surface area contributed by atoms with E-state index in [1.165, 1.54) is 19.3 Å². The molecule has 1 saturated carbocycles. The van der Waals surface area contributed by atoms with Crippen molar-refractivity contribution in [2.45, 2.75) is 51.6 Å². The molecule has 0 radical (unpaired) electrons. The standard InChI is InChI=1S/C13H21ClN2O/c1-9-11(13(14)16(2)15-9)8-12(17)10-6-4-3-5-7-10/h10,12,17H,3-8H2,1-2H3. The van der Waals surface area contributed by atoms with Gasteiger partial charge in [-0.25, -0.2) is 0 Å². The molecule has 0 aliphatic heterocycles. The Labute approximate surface area is 108 Å². The Morgan fingerprint density at radius 1 is 1.41 bits per heavy atom. The summed E-state index contributed by atoms with van der Waals surface area (Å²) in [5.41, 5.74) is 1.94. The maximum absolute atomic E-state index is 10.3. The van der Waals surface area contributed by atoms with E-state index in [0.717, 1.165) is 24.1 Å².